The lowest BCUT2D eigenvalue weighted by atomic mass is 9.84. The van der Waals surface area contributed by atoms with E-state index in [0.29, 0.717) is 6.42 Å². The molecule has 0 aromatic heterocycles. The SMILES string of the molecule is CCCCCCCCCC(=O)NCC(CC)(CC)CBr. The molecular weight excluding hydrogens is 314 g/mol. The summed E-state index contributed by atoms with van der Waals surface area (Å²) in [5.74, 6) is 0.228. The molecule has 0 rings (SSSR count). The molecule has 0 radical (unpaired) electrons. The quantitative estimate of drug-likeness (QED) is 0.348. The van der Waals surface area contributed by atoms with Crippen LogP contribution in [-0.2, 0) is 4.79 Å². The summed E-state index contributed by atoms with van der Waals surface area (Å²) in [5, 5.41) is 4.08. The van der Waals surface area contributed by atoms with Gasteiger partial charge in [-0.2, -0.15) is 0 Å². The van der Waals surface area contributed by atoms with E-state index in [2.05, 4.69) is 42.0 Å². The van der Waals surface area contributed by atoms with Crippen molar-refractivity contribution < 1.29 is 4.79 Å². The summed E-state index contributed by atoms with van der Waals surface area (Å²) in [5.41, 5.74) is 0.232. The number of nitrogens with one attached hydrogen (secondary N) is 1. The fourth-order valence-electron chi connectivity index (χ4n) is 2.35. The lowest BCUT2D eigenvalue weighted by Gasteiger charge is -2.29. The van der Waals surface area contributed by atoms with Gasteiger partial charge in [-0.05, 0) is 24.7 Å². The lowest BCUT2D eigenvalue weighted by Crippen LogP contribution is -2.38. The van der Waals surface area contributed by atoms with Crippen LogP contribution in [0.15, 0.2) is 0 Å². The van der Waals surface area contributed by atoms with E-state index >= 15 is 0 Å². The Morgan fingerprint density at radius 3 is 2.00 bits per heavy atom. The third kappa shape index (κ3) is 8.99. The highest BCUT2D eigenvalue weighted by Crippen LogP contribution is 2.27. The molecule has 0 spiro atoms. The van der Waals surface area contributed by atoms with Gasteiger partial charge >= 0.3 is 0 Å². The van der Waals surface area contributed by atoms with Gasteiger partial charge in [-0.3, -0.25) is 4.79 Å². The van der Waals surface area contributed by atoms with Gasteiger partial charge in [0, 0.05) is 18.3 Å². The lowest BCUT2D eigenvalue weighted by molar-refractivity contribution is -0.121. The van der Waals surface area contributed by atoms with Crippen molar-refractivity contribution in [3.8, 4) is 0 Å². The van der Waals surface area contributed by atoms with Crippen LogP contribution in [0.4, 0.5) is 0 Å². The Kier molecular flexibility index (Phi) is 12.6. The Hall–Kier alpha value is -0.0500. The molecule has 0 aliphatic rings. The highest BCUT2D eigenvalue weighted by Gasteiger charge is 2.25. The van der Waals surface area contributed by atoms with Crippen molar-refractivity contribution in [2.45, 2.75) is 85.0 Å². The van der Waals surface area contributed by atoms with E-state index in [0.717, 1.165) is 31.1 Å². The van der Waals surface area contributed by atoms with Crippen molar-refractivity contribution in [3.63, 3.8) is 0 Å². The van der Waals surface area contributed by atoms with Crippen LogP contribution in [0.2, 0.25) is 0 Å². The average molecular weight is 348 g/mol. The molecule has 0 fully saturated rings. The summed E-state index contributed by atoms with van der Waals surface area (Å²) in [4.78, 5) is 11.8. The smallest absolute Gasteiger partial charge is 0.220 e. The molecule has 0 heterocycles. The third-order valence-corrected chi connectivity index (χ3v) is 5.64. The first-order valence-corrected chi connectivity index (χ1v) is 9.59. The van der Waals surface area contributed by atoms with E-state index in [1.165, 1.54) is 38.5 Å². The molecule has 120 valence electrons. The summed E-state index contributed by atoms with van der Waals surface area (Å²) in [7, 11) is 0. The molecule has 0 unspecified atom stereocenters. The Morgan fingerprint density at radius 1 is 0.950 bits per heavy atom. The van der Waals surface area contributed by atoms with Crippen molar-refractivity contribution >= 4 is 21.8 Å². The highest BCUT2D eigenvalue weighted by molar-refractivity contribution is 9.09. The minimum absolute atomic E-state index is 0.228. The molecule has 0 aliphatic heterocycles. The molecule has 0 aliphatic carbocycles. The highest BCUT2D eigenvalue weighted by atomic mass is 79.9. The van der Waals surface area contributed by atoms with Crippen molar-refractivity contribution in [1.82, 2.24) is 5.32 Å². The second-order valence-electron chi connectivity index (χ2n) is 5.99. The fraction of sp³-hybridized carbons (Fsp3) is 0.941. The molecule has 20 heavy (non-hydrogen) atoms. The first-order valence-electron chi connectivity index (χ1n) is 8.46. The first kappa shape index (κ1) is 19.9. The van der Waals surface area contributed by atoms with Crippen LogP contribution in [0, 0.1) is 5.41 Å². The van der Waals surface area contributed by atoms with Crippen LogP contribution in [0.3, 0.4) is 0 Å². The number of rotatable bonds is 13. The maximum absolute atomic E-state index is 11.8. The number of halogens is 1. The van der Waals surface area contributed by atoms with E-state index in [9.17, 15) is 4.79 Å². The molecule has 0 aromatic rings. The minimum Gasteiger partial charge on any atom is -0.356 e. The van der Waals surface area contributed by atoms with E-state index < -0.39 is 0 Å². The molecule has 0 saturated carbocycles. The van der Waals surface area contributed by atoms with Gasteiger partial charge in [0.25, 0.3) is 0 Å². The van der Waals surface area contributed by atoms with Crippen molar-refractivity contribution in [2.75, 3.05) is 11.9 Å². The van der Waals surface area contributed by atoms with E-state index in [-0.39, 0.29) is 11.3 Å². The zero-order chi connectivity index (χ0) is 15.3. The van der Waals surface area contributed by atoms with Crippen molar-refractivity contribution in [3.05, 3.63) is 0 Å². The number of carbonyl (C=O) groups excluding carboxylic acids is 1. The summed E-state index contributed by atoms with van der Waals surface area (Å²) in [6.45, 7) is 7.45. The Balaban J connectivity index is 3.63. The van der Waals surface area contributed by atoms with Gasteiger partial charge in [-0.1, -0.05) is 75.2 Å². The van der Waals surface area contributed by atoms with Gasteiger partial charge in [-0.15, -0.1) is 0 Å². The molecule has 0 aromatic carbocycles. The predicted molar refractivity (Wildman–Crippen MR) is 92.4 cm³/mol. The zero-order valence-corrected chi connectivity index (χ0v) is 15.4. The van der Waals surface area contributed by atoms with Gasteiger partial charge < -0.3 is 5.32 Å². The zero-order valence-electron chi connectivity index (χ0n) is 13.8. The molecule has 0 bridgehead atoms. The van der Waals surface area contributed by atoms with Crippen LogP contribution < -0.4 is 5.32 Å². The number of unbranched alkanes of at least 4 members (excludes halogenated alkanes) is 6. The van der Waals surface area contributed by atoms with Crippen molar-refractivity contribution in [1.29, 1.82) is 0 Å². The van der Waals surface area contributed by atoms with Gasteiger partial charge in [0.2, 0.25) is 5.91 Å². The standard InChI is InChI=1S/C17H34BrNO/c1-4-7-8-9-10-11-12-13-16(20)19-15-17(5-2,6-3)14-18/h4-15H2,1-3H3,(H,19,20). The van der Waals surface area contributed by atoms with Gasteiger partial charge in [0.05, 0.1) is 0 Å². The second-order valence-corrected chi connectivity index (χ2v) is 6.55. The Bertz CT molecular complexity index is 231. The summed E-state index contributed by atoms with van der Waals surface area (Å²) < 4.78 is 0. The van der Waals surface area contributed by atoms with Crippen LogP contribution in [0.1, 0.15) is 85.0 Å². The normalized spacial score (nSPS) is 11.6. The number of hydrogen-bond acceptors (Lipinski definition) is 1. The largest absolute Gasteiger partial charge is 0.356 e. The van der Waals surface area contributed by atoms with Crippen molar-refractivity contribution in [2.24, 2.45) is 5.41 Å². The number of carbonyl (C=O) groups is 1. The van der Waals surface area contributed by atoms with Gasteiger partial charge in [-0.25, -0.2) is 0 Å². The molecule has 0 saturated heterocycles. The summed E-state index contributed by atoms with van der Waals surface area (Å²) >= 11 is 3.59. The Labute approximate surface area is 134 Å². The average Bonchev–Trinajstić information content (AvgIpc) is 2.48. The van der Waals surface area contributed by atoms with E-state index in [1.807, 2.05) is 0 Å². The molecule has 1 N–H and O–H groups in total. The summed E-state index contributed by atoms with van der Waals surface area (Å²) in [6, 6.07) is 0. The Morgan fingerprint density at radius 2 is 1.50 bits per heavy atom. The van der Waals surface area contributed by atoms with Crippen LogP contribution in [0.25, 0.3) is 0 Å². The second kappa shape index (κ2) is 12.7. The van der Waals surface area contributed by atoms with Crippen LogP contribution >= 0.6 is 15.9 Å². The number of hydrogen-bond donors (Lipinski definition) is 1. The van der Waals surface area contributed by atoms with Gasteiger partial charge in [0.1, 0.15) is 0 Å². The molecule has 2 nitrogen and oxygen atoms in total. The summed E-state index contributed by atoms with van der Waals surface area (Å²) in [6.07, 6.45) is 11.7. The molecule has 1 amide bonds. The molecule has 3 heteroatoms. The van der Waals surface area contributed by atoms with E-state index in [1.54, 1.807) is 0 Å². The topological polar surface area (TPSA) is 29.1 Å². The predicted octanol–water partition coefficient (Wildman–Crippen LogP) is 5.44. The number of alkyl halides is 1. The number of amides is 1. The third-order valence-electron chi connectivity index (χ3n) is 4.45. The maximum Gasteiger partial charge on any atom is 0.220 e. The maximum atomic E-state index is 11.8. The molecule has 0 atom stereocenters. The minimum atomic E-state index is 0.228. The fourth-order valence-corrected chi connectivity index (χ4v) is 3.34. The van der Waals surface area contributed by atoms with E-state index in [4.69, 9.17) is 0 Å². The van der Waals surface area contributed by atoms with Gasteiger partial charge in [0.15, 0.2) is 0 Å². The molecular formula is C17H34BrNO. The first-order chi connectivity index (χ1) is 9.64. The van der Waals surface area contributed by atoms with Crippen LogP contribution in [0.5, 0.6) is 0 Å². The monoisotopic (exact) mass is 347 g/mol. The van der Waals surface area contributed by atoms with Crippen LogP contribution in [-0.4, -0.2) is 17.8 Å².